The summed E-state index contributed by atoms with van der Waals surface area (Å²) in [5, 5.41) is 10.2. The molecule has 1 N–H and O–H groups in total. The summed E-state index contributed by atoms with van der Waals surface area (Å²) in [5.74, 6) is 1.34. The fraction of sp³-hybridized carbons (Fsp3) is 0.600. The lowest BCUT2D eigenvalue weighted by atomic mass is 9.96. The largest absolute Gasteiger partial charge is 0.494 e. The molecule has 0 amide bonds. The van der Waals surface area contributed by atoms with Gasteiger partial charge in [-0.3, -0.25) is 0 Å². The minimum Gasteiger partial charge on any atom is -0.494 e. The summed E-state index contributed by atoms with van der Waals surface area (Å²) >= 11 is 0. The van der Waals surface area contributed by atoms with Gasteiger partial charge in [0.05, 0.1) is 24.2 Å². The highest BCUT2D eigenvalue weighted by atomic mass is 32.2. The van der Waals surface area contributed by atoms with E-state index in [0.717, 1.165) is 17.7 Å². The molecule has 2 unspecified atom stereocenters. The van der Waals surface area contributed by atoms with Crippen molar-refractivity contribution in [2.24, 2.45) is 5.92 Å². The molecule has 0 aliphatic carbocycles. The summed E-state index contributed by atoms with van der Waals surface area (Å²) in [6.07, 6.45) is 1.53. The molecule has 1 fully saturated rings. The predicted octanol–water partition coefficient (Wildman–Crippen LogP) is 2.33. The molecule has 1 saturated heterocycles. The lowest BCUT2D eigenvalue weighted by Gasteiger charge is -2.15. The van der Waals surface area contributed by atoms with Gasteiger partial charge in [-0.05, 0) is 42.9 Å². The van der Waals surface area contributed by atoms with Crippen LogP contribution in [0.25, 0.3) is 0 Å². The van der Waals surface area contributed by atoms with E-state index in [2.05, 4.69) is 0 Å². The van der Waals surface area contributed by atoms with E-state index in [9.17, 15) is 13.5 Å². The number of benzene rings is 1. The van der Waals surface area contributed by atoms with Crippen LogP contribution in [-0.4, -0.2) is 31.6 Å². The maximum atomic E-state index is 11.4. The summed E-state index contributed by atoms with van der Waals surface area (Å²) in [6, 6.07) is 7.39. The number of sulfone groups is 1. The van der Waals surface area contributed by atoms with E-state index in [1.807, 2.05) is 31.2 Å². The fourth-order valence-electron chi connectivity index (χ4n) is 2.52. The van der Waals surface area contributed by atoms with Gasteiger partial charge in [0.1, 0.15) is 5.75 Å². The number of hydrogen-bond acceptors (Lipinski definition) is 4. The van der Waals surface area contributed by atoms with Crippen molar-refractivity contribution in [1.29, 1.82) is 0 Å². The quantitative estimate of drug-likeness (QED) is 0.875. The summed E-state index contributed by atoms with van der Waals surface area (Å²) in [6.45, 7) is 2.73. The molecular formula is C15H22O4S. The maximum absolute atomic E-state index is 11.4. The van der Waals surface area contributed by atoms with E-state index in [-0.39, 0.29) is 17.4 Å². The van der Waals surface area contributed by atoms with Crippen LogP contribution >= 0.6 is 0 Å². The van der Waals surface area contributed by atoms with E-state index in [1.165, 1.54) is 0 Å². The zero-order valence-electron chi connectivity index (χ0n) is 11.8. The average Bonchev–Trinajstić information content (AvgIpc) is 2.76. The first-order chi connectivity index (χ1) is 9.50. The van der Waals surface area contributed by atoms with E-state index < -0.39 is 15.9 Å². The Bertz CT molecular complexity index is 521. The Morgan fingerprint density at radius 3 is 2.60 bits per heavy atom. The van der Waals surface area contributed by atoms with Crippen molar-refractivity contribution in [2.75, 3.05) is 18.1 Å². The van der Waals surface area contributed by atoms with Crippen molar-refractivity contribution in [1.82, 2.24) is 0 Å². The average molecular weight is 298 g/mol. The van der Waals surface area contributed by atoms with Crippen LogP contribution in [-0.2, 0) is 9.84 Å². The van der Waals surface area contributed by atoms with Gasteiger partial charge in [0.2, 0.25) is 0 Å². The van der Waals surface area contributed by atoms with Crippen LogP contribution in [0, 0.1) is 5.92 Å². The van der Waals surface area contributed by atoms with Crippen molar-refractivity contribution in [3.05, 3.63) is 29.8 Å². The van der Waals surface area contributed by atoms with Gasteiger partial charge in [0.15, 0.2) is 9.84 Å². The lowest BCUT2D eigenvalue weighted by molar-refractivity contribution is 0.148. The van der Waals surface area contributed by atoms with Crippen molar-refractivity contribution in [2.45, 2.75) is 32.3 Å². The molecular weight excluding hydrogens is 276 g/mol. The smallest absolute Gasteiger partial charge is 0.150 e. The van der Waals surface area contributed by atoms with Crippen molar-refractivity contribution < 1.29 is 18.3 Å². The highest BCUT2D eigenvalue weighted by Gasteiger charge is 2.29. The molecule has 1 aromatic carbocycles. The molecule has 1 aromatic rings. The molecule has 0 radical (unpaired) electrons. The van der Waals surface area contributed by atoms with Crippen LogP contribution in [0.15, 0.2) is 24.3 Å². The van der Waals surface area contributed by atoms with E-state index in [1.54, 1.807) is 0 Å². The van der Waals surface area contributed by atoms with Gasteiger partial charge in [-0.25, -0.2) is 8.42 Å². The Balaban J connectivity index is 1.90. The van der Waals surface area contributed by atoms with Crippen molar-refractivity contribution in [3.63, 3.8) is 0 Å². The van der Waals surface area contributed by atoms with Crippen LogP contribution in [0.3, 0.4) is 0 Å². The summed E-state index contributed by atoms with van der Waals surface area (Å²) in [7, 11) is -2.87. The molecule has 0 saturated carbocycles. The number of hydrogen-bond donors (Lipinski definition) is 1. The predicted molar refractivity (Wildman–Crippen MR) is 78.6 cm³/mol. The second-order valence-corrected chi connectivity index (χ2v) is 7.67. The molecule has 0 aromatic heterocycles. The third-order valence-electron chi connectivity index (χ3n) is 3.62. The number of rotatable bonds is 6. The first-order valence-electron chi connectivity index (χ1n) is 7.11. The van der Waals surface area contributed by atoms with Gasteiger partial charge in [0, 0.05) is 0 Å². The van der Waals surface area contributed by atoms with E-state index in [0.29, 0.717) is 19.4 Å². The zero-order valence-corrected chi connectivity index (χ0v) is 12.6. The number of ether oxygens (including phenoxy) is 1. The first-order valence-corrected chi connectivity index (χ1v) is 8.93. The second kappa shape index (κ2) is 6.59. The van der Waals surface area contributed by atoms with E-state index in [4.69, 9.17) is 4.74 Å². The highest BCUT2D eigenvalue weighted by Crippen LogP contribution is 2.29. The Kier molecular flexibility index (Phi) is 5.05. The molecule has 2 atom stereocenters. The summed E-state index contributed by atoms with van der Waals surface area (Å²) in [5.41, 5.74) is 0.818. The SMILES string of the molecule is CCCOc1ccc(C(O)CC2CCS(=O)(=O)C2)cc1. The normalized spacial score (nSPS) is 22.6. The topological polar surface area (TPSA) is 63.6 Å². The Labute approximate surface area is 120 Å². The Hall–Kier alpha value is -1.07. The standard InChI is InChI=1S/C15H22O4S/c1-2-8-19-14-5-3-13(4-6-14)15(16)10-12-7-9-20(17,18)11-12/h3-6,12,15-16H,2,7-11H2,1H3. The molecule has 1 heterocycles. The Morgan fingerprint density at radius 2 is 2.05 bits per heavy atom. The van der Waals surface area contributed by atoms with Gasteiger partial charge in [-0.1, -0.05) is 19.1 Å². The van der Waals surface area contributed by atoms with Crippen molar-refractivity contribution in [3.8, 4) is 5.75 Å². The van der Waals surface area contributed by atoms with Crippen LogP contribution in [0.5, 0.6) is 5.75 Å². The first kappa shape index (κ1) is 15.3. The summed E-state index contributed by atoms with van der Waals surface area (Å²) in [4.78, 5) is 0. The monoisotopic (exact) mass is 298 g/mol. The van der Waals surface area contributed by atoms with E-state index >= 15 is 0 Å². The molecule has 2 rings (SSSR count). The highest BCUT2D eigenvalue weighted by molar-refractivity contribution is 7.91. The van der Waals surface area contributed by atoms with Gasteiger partial charge in [-0.15, -0.1) is 0 Å². The molecule has 5 heteroatoms. The molecule has 1 aliphatic heterocycles. The third kappa shape index (κ3) is 4.21. The maximum Gasteiger partial charge on any atom is 0.150 e. The number of aliphatic hydroxyl groups excluding tert-OH is 1. The molecule has 4 nitrogen and oxygen atoms in total. The molecule has 112 valence electrons. The summed E-state index contributed by atoms with van der Waals surface area (Å²) < 4.78 is 28.3. The van der Waals surface area contributed by atoms with Gasteiger partial charge in [-0.2, -0.15) is 0 Å². The molecule has 20 heavy (non-hydrogen) atoms. The third-order valence-corrected chi connectivity index (χ3v) is 5.46. The van der Waals surface area contributed by atoms with Gasteiger partial charge < -0.3 is 9.84 Å². The minimum absolute atomic E-state index is 0.0750. The van der Waals surface area contributed by atoms with Gasteiger partial charge >= 0.3 is 0 Å². The zero-order chi connectivity index (χ0) is 14.6. The number of aliphatic hydroxyl groups is 1. The fourth-order valence-corrected chi connectivity index (χ4v) is 4.40. The molecule has 0 bridgehead atoms. The lowest BCUT2D eigenvalue weighted by Crippen LogP contribution is -2.09. The van der Waals surface area contributed by atoms with Crippen LogP contribution in [0.1, 0.15) is 37.9 Å². The molecule has 1 aliphatic rings. The van der Waals surface area contributed by atoms with Gasteiger partial charge in [0.25, 0.3) is 0 Å². The minimum atomic E-state index is -2.87. The molecule has 0 spiro atoms. The van der Waals surface area contributed by atoms with Crippen LogP contribution < -0.4 is 4.74 Å². The van der Waals surface area contributed by atoms with Crippen molar-refractivity contribution >= 4 is 9.84 Å². The second-order valence-electron chi connectivity index (χ2n) is 5.44. The van der Waals surface area contributed by atoms with Crippen LogP contribution in [0.4, 0.5) is 0 Å². The van der Waals surface area contributed by atoms with Crippen LogP contribution in [0.2, 0.25) is 0 Å². The Morgan fingerprint density at radius 1 is 1.35 bits per heavy atom.